The van der Waals surface area contributed by atoms with Gasteiger partial charge in [-0.25, -0.2) is 14.4 Å². The van der Waals surface area contributed by atoms with E-state index in [-0.39, 0.29) is 11.6 Å². The maximum atomic E-state index is 14.7. The lowest BCUT2D eigenvalue weighted by molar-refractivity contribution is 0.0785. The molecule has 2 saturated heterocycles. The zero-order chi connectivity index (χ0) is 24.4. The number of hydrogen-bond donors (Lipinski definition) is 0. The van der Waals surface area contributed by atoms with Gasteiger partial charge in [0, 0.05) is 73.6 Å². The number of nitrogens with zero attached hydrogens (tertiary/aromatic N) is 6. The molecule has 3 aliphatic rings. The molecule has 182 valence electrons. The molecule has 0 aromatic carbocycles. The van der Waals surface area contributed by atoms with Crippen LogP contribution in [0.3, 0.4) is 0 Å². The summed E-state index contributed by atoms with van der Waals surface area (Å²) in [6.07, 6.45) is 8.54. The minimum Gasteiger partial charge on any atom is -0.340 e. The van der Waals surface area contributed by atoms with Gasteiger partial charge in [0.05, 0.1) is 11.1 Å². The van der Waals surface area contributed by atoms with Crippen LogP contribution in [0, 0.1) is 24.6 Å². The third-order valence-corrected chi connectivity index (χ3v) is 8.10. The van der Waals surface area contributed by atoms with Crippen LogP contribution in [-0.4, -0.2) is 56.3 Å². The van der Waals surface area contributed by atoms with Crippen LogP contribution < -0.4 is 4.90 Å². The van der Waals surface area contributed by atoms with Gasteiger partial charge in [0.1, 0.15) is 11.5 Å². The Kier molecular flexibility index (Phi) is 4.84. The van der Waals surface area contributed by atoms with Crippen molar-refractivity contribution in [2.75, 3.05) is 31.1 Å². The smallest absolute Gasteiger partial charge is 0.256 e. The van der Waals surface area contributed by atoms with Crippen molar-refractivity contribution in [2.24, 2.45) is 11.8 Å². The largest absolute Gasteiger partial charge is 0.340 e. The Labute approximate surface area is 208 Å². The van der Waals surface area contributed by atoms with Crippen LogP contribution in [0.4, 0.5) is 10.3 Å². The maximum absolute atomic E-state index is 14.7. The first-order valence-corrected chi connectivity index (χ1v) is 12.7. The zero-order valence-corrected chi connectivity index (χ0v) is 20.2. The SMILES string of the molecule is Cc1nc(N2C[C@H]3CN(C(=O)c4c(-c5ncccc5F)cn5ccccc45)C[C@H]3C2)nc2c1CCC2. The van der Waals surface area contributed by atoms with Gasteiger partial charge in [-0.05, 0) is 56.0 Å². The van der Waals surface area contributed by atoms with Gasteiger partial charge in [0.25, 0.3) is 5.91 Å². The molecule has 1 aliphatic carbocycles. The van der Waals surface area contributed by atoms with Crippen molar-refractivity contribution in [1.29, 1.82) is 0 Å². The van der Waals surface area contributed by atoms with E-state index in [9.17, 15) is 9.18 Å². The number of carbonyl (C=O) groups is 1. The van der Waals surface area contributed by atoms with E-state index in [0.717, 1.165) is 49.5 Å². The summed E-state index contributed by atoms with van der Waals surface area (Å²) in [6.45, 7) is 5.16. The summed E-state index contributed by atoms with van der Waals surface area (Å²) in [5, 5.41) is 0. The van der Waals surface area contributed by atoms with Crippen LogP contribution in [-0.2, 0) is 12.8 Å². The fraction of sp³-hybridized carbons (Fsp3) is 0.357. The van der Waals surface area contributed by atoms with Crippen molar-refractivity contribution in [3.8, 4) is 11.3 Å². The van der Waals surface area contributed by atoms with Gasteiger partial charge in [-0.2, -0.15) is 0 Å². The number of halogens is 1. The Morgan fingerprint density at radius 1 is 1.03 bits per heavy atom. The van der Waals surface area contributed by atoms with Crippen molar-refractivity contribution in [3.63, 3.8) is 0 Å². The molecular formula is C28H27FN6O. The molecule has 4 aromatic heterocycles. The highest BCUT2D eigenvalue weighted by Crippen LogP contribution is 2.37. The fourth-order valence-electron chi connectivity index (χ4n) is 6.34. The van der Waals surface area contributed by atoms with Crippen LogP contribution in [0.2, 0.25) is 0 Å². The Morgan fingerprint density at radius 3 is 2.67 bits per heavy atom. The first-order chi connectivity index (χ1) is 17.6. The highest BCUT2D eigenvalue weighted by atomic mass is 19.1. The van der Waals surface area contributed by atoms with Crippen molar-refractivity contribution in [3.05, 3.63) is 77.3 Å². The van der Waals surface area contributed by atoms with E-state index < -0.39 is 5.82 Å². The second kappa shape index (κ2) is 8.11. The number of rotatable bonds is 3. The number of aromatic nitrogens is 4. The molecule has 4 aromatic rings. The van der Waals surface area contributed by atoms with Gasteiger partial charge in [0.2, 0.25) is 5.95 Å². The molecule has 2 aliphatic heterocycles. The molecule has 2 fully saturated rings. The molecule has 0 unspecified atom stereocenters. The highest BCUT2D eigenvalue weighted by Gasteiger charge is 2.43. The van der Waals surface area contributed by atoms with Gasteiger partial charge in [0.15, 0.2) is 0 Å². The molecule has 1 amide bonds. The summed E-state index contributed by atoms with van der Waals surface area (Å²) in [5.41, 5.74) is 5.67. The number of aryl methyl sites for hydroxylation is 2. The van der Waals surface area contributed by atoms with Gasteiger partial charge in [-0.3, -0.25) is 9.78 Å². The van der Waals surface area contributed by atoms with Crippen LogP contribution in [0.25, 0.3) is 16.8 Å². The van der Waals surface area contributed by atoms with Crippen LogP contribution in [0.1, 0.15) is 33.7 Å². The third-order valence-electron chi connectivity index (χ3n) is 8.10. The molecule has 0 spiro atoms. The molecular weight excluding hydrogens is 455 g/mol. The molecule has 8 heteroatoms. The topological polar surface area (TPSA) is 66.6 Å². The molecule has 0 bridgehead atoms. The van der Waals surface area contributed by atoms with Gasteiger partial charge >= 0.3 is 0 Å². The summed E-state index contributed by atoms with van der Waals surface area (Å²) in [7, 11) is 0. The van der Waals surface area contributed by atoms with Gasteiger partial charge in [-0.15, -0.1) is 0 Å². The van der Waals surface area contributed by atoms with Crippen molar-refractivity contribution in [1.82, 2.24) is 24.3 Å². The fourth-order valence-corrected chi connectivity index (χ4v) is 6.34. The second-order valence-electron chi connectivity index (χ2n) is 10.3. The number of carbonyl (C=O) groups excluding carboxylic acids is 1. The Balaban J connectivity index is 1.16. The lowest BCUT2D eigenvalue weighted by Gasteiger charge is -2.23. The predicted molar refractivity (Wildman–Crippen MR) is 134 cm³/mol. The molecule has 0 radical (unpaired) electrons. The van der Waals surface area contributed by atoms with Crippen LogP contribution in [0.5, 0.6) is 0 Å². The van der Waals surface area contributed by atoms with Crippen LogP contribution >= 0.6 is 0 Å². The lowest BCUT2D eigenvalue weighted by atomic mass is 10.0. The van der Waals surface area contributed by atoms with E-state index in [4.69, 9.17) is 9.97 Å². The summed E-state index contributed by atoms with van der Waals surface area (Å²) in [5.74, 6) is 1.09. The Bertz CT molecular complexity index is 1500. The van der Waals surface area contributed by atoms with E-state index in [0.29, 0.717) is 36.1 Å². The molecule has 0 N–H and O–H groups in total. The highest BCUT2D eigenvalue weighted by molar-refractivity contribution is 6.07. The van der Waals surface area contributed by atoms with E-state index >= 15 is 0 Å². The van der Waals surface area contributed by atoms with Crippen LogP contribution in [0.15, 0.2) is 48.9 Å². The van der Waals surface area contributed by atoms with Crippen molar-refractivity contribution < 1.29 is 9.18 Å². The summed E-state index contributed by atoms with van der Waals surface area (Å²) >= 11 is 0. The quantitative estimate of drug-likeness (QED) is 0.443. The number of pyridine rings is 2. The van der Waals surface area contributed by atoms with Crippen molar-refractivity contribution in [2.45, 2.75) is 26.2 Å². The predicted octanol–water partition coefficient (Wildman–Crippen LogP) is 3.94. The monoisotopic (exact) mass is 482 g/mol. The number of anilines is 1. The third kappa shape index (κ3) is 3.31. The molecule has 36 heavy (non-hydrogen) atoms. The molecule has 6 heterocycles. The maximum Gasteiger partial charge on any atom is 0.256 e. The van der Waals surface area contributed by atoms with Gasteiger partial charge in [-0.1, -0.05) is 6.07 Å². The molecule has 7 nitrogen and oxygen atoms in total. The average molecular weight is 483 g/mol. The van der Waals surface area contributed by atoms with E-state index in [1.807, 2.05) is 33.7 Å². The first kappa shape index (κ1) is 21.5. The van der Waals surface area contributed by atoms with E-state index in [1.54, 1.807) is 18.5 Å². The summed E-state index contributed by atoms with van der Waals surface area (Å²) in [6, 6.07) is 8.66. The number of hydrogen-bond acceptors (Lipinski definition) is 5. The number of fused-ring (bicyclic) bond motifs is 3. The Morgan fingerprint density at radius 2 is 1.86 bits per heavy atom. The zero-order valence-electron chi connectivity index (χ0n) is 20.2. The second-order valence-corrected chi connectivity index (χ2v) is 10.3. The minimum absolute atomic E-state index is 0.0608. The summed E-state index contributed by atoms with van der Waals surface area (Å²) < 4.78 is 16.6. The van der Waals surface area contributed by atoms with E-state index in [2.05, 4.69) is 16.8 Å². The number of likely N-dealkylation sites (tertiary alicyclic amines) is 1. The molecule has 0 saturated carbocycles. The number of amides is 1. The summed E-state index contributed by atoms with van der Waals surface area (Å²) in [4.78, 5) is 32.1. The Hall–Kier alpha value is -3.81. The van der Waals surface area contributed by atoms with Gasteiger partial charge < -0.3 is 14.2 Å². The lowest BCUT2D eigenvalue weighted by Crippen LogP contribution is -2.34. The molecule has 2 atom stereocenters. The average Bonchev–Trinajstić information content (AvgIpc) is 3.65. The molecule has 7 rings (SSSR count). The standard InChI is InChI=1S/C28H27FN6O/c1-17-20-6-4-8-23(20)32-28(31-17)35-14-18-12-34(13-19(18)15-35)27(36)25-21(26-22(29)7-5-10-30-26)16-33-11-3-2-9-24(25)33/h2-3,5,7,9-11,16,18-19H,4,6,8,12-15H2,1H3/t18-,19+. The van der Waals surface area contributed by atoms with E-state index in [1.165, 1.54) is 17.3 Å². The van der Waals surface area contributed by atoms with Crippen molar-refractivity contribution >= 4 is 17.4 Å². The minimum atomic E-state index is -0.430. The first-order valence-electron chi connectivity index (χ1n) is 12.7. The normalized spacial score (nSPS) is 20.8.